The number of ether oxygens (including phenoxy) is 2. The molecule has 0 saturated heterocycles. The van der Waals surface area contributed by atoms with Crippen LogP contribution in [0.25, 0.3) is 112 Å². The van der Waals surface area contributed by atoms with Gasteiger partial charge in [-0.2, -0.15) is 0 Å². The van der Waals surface area contributed by atoms with Crippen molar-refractivity contribution in [2.75, 3.05) is 9.80 Å². The molecule has 578 valence electrons. The first kappa shape index (κ1) is 72.5. The maximum absolute atomic E-state index is 15.4. The van der Waals surface area contributed by atoms with Gasteiger partial charge in [-0.05, 0) is 293 Å². The summed E-state index contributed by atoms with van der Waals surface area (Å²) in [6.07, 6.45) is 3.63. The van der Waals surface area contributed by atoms with Crippen LogP contribution in [0.1, 0.15) is 55.6 Å². The largest absolute Gasteiger partial charge is 0.457 e. The van der Waals surface area contributed by atoms with Crippen LogP contribution in [0.5, 0.6) is 23.0 Å². The molecule has 2 aromatic heterocycles. The van der Waals surface area contributed by atoms with E-state index in [2.05, 4.69) is 278 Å². The number of anilines is 6. The van der Waals surface area contributed by atoms with Crippen molar-refractivity contribution in [3.05, 3.63) is 493 Å². The third-order valence-corrected chi connectivity index (χ3v) is 24.7. The van der Waals surface area contributed by atoms with Crippen molar-refractivity contribution in [1.29, 1.82) is 0 Å². The highest BCUT2D eigenvalue weighted by Crippen LogP contribution is 2.60. The molecule has 0 saturated carbocycles. The molecule has 22 rings (SSSR count). The average molecular weight is 1570 g/mol. The molecule has 0 aliphatic heterocycles. The highest BCUT2D eigenvalue weighted by atomic mass is 19.1. The topological polar surface area (TPSA) is 51.2 Å². The van der Waals surface area contributed by atoms with Crippen LogP contribution in [0.4, 0.5) is 42.9 Å². The van der Waals surface area contributed by atoms with Gasteiger partial charge in [0.2, 0.25) is 0 Å². The molecule has 0 N–H and O–H groups in total. The molecule has 2 atom stereocenters. The van der Waals surface area contributed by atoms with E-state index in [1.807, 2.05) is 146 Å². The van der Waals surface area contributed by atoms with Crippen molar-refractivity contribution in [3.63, 3.8) is 0 Å². The van der Waals surface area contributed by atoms with Gasteiger partial charge < -0.3 is 28.1 Å². The summed E-state index contributed by atoms with van der Waals surface area (Å²) in [5.74, 6) is 2.17. The Morgan fingerprint density at radius 3 is 0.869 bits per heavy atom. The summed E-state index contributed by atoms with van der Waals surface area (Å²) >= 11 is 0. The average Bonchev–Trinajstić information content (AvgIpc) is 1.54. The molecule has 8 heteroatoms. The fourth-order valence-corrected chi connectivity index (χ4v) is 18.9. The summed E-state index contributed by atoms with van der Waals surface area (Å²) in [7, 11) is 0. The van der Waals surface area contributed by atoms with Gasteiger partial charge in [0.25, 0.3) is 0 Å². The third-order valence-electron chi connectivity index (χ3n) is 24.7. The van der Waals surface area contributed by atoms with Gasteiger partial charge in [0, 0.05) is 55.7 Å². The van der Waals surface area contributed by atoms with Crippen molar-refractivity contribution in [2.24, 2.45) is 0 Å². The van der Waals surface area contributed by atoms with Gasteiger partial charge in [0.1, 0.15) is 57.0 Å². The summed E-state index contributed by atoms with van der Waals surface area (Å²) in [6.45, 7) is 7.87. The maximum Gasteiger partial charge on any atom is 0.136 e. The Hall–Kier alpha value is -15.9. The maximum atomic E-state index is 15.4. The van der Waals surface area contributed by atoms with Crippen molar-refractivity contribution in [1.82, 2.24) is 0 Å². The Morgan fingerprint density at radius 1 is 0.238 bits per heavy atom. The van der Waals surface area contributed by atoms with Crippen LogP contribution < -0.4 is 19.3 Å². The van der Waals surface area contributed by atoms with Crippen LogP contribution in [0.15, 0.2) is 435 Å². The Morgan fingerprint density at radius 2 is 0.516 bits per heavy atom. The van der Waals surface area contributed by atoms with Crippen LogP contribution in [0.3, 0.4) is 0 Å². The SMILES string of the molecule is C=Cc1ccc(Oc2ccc(C3(c4ccc(F)cc4)c4ccccc4-c4ccc(N(c5ccc(-c6ccc(N(c7ccc(-c8ccc9c(c8)oc8ccccc89)cc7)c7ccc8c(c7)C(c7ccc(F)cc7)(c7ccc(Oc9ccc(C=C)cc9)cc7)c7ccccc7-8)cc6)cc5)c5ccc(-c6ccc7c(c6)oc6ccccc67)cc5)cc43)cc2)cc1. The first-order chi connectivity index (χ1) is 60.1. The Bertz CT molecular complexity index is 7000. The lowest BCUT2D eigenvalue weighted by Gasteiger charge is -2.35. The molecule has 0 radical (unpaired) electrons. The number of benzene rings is 18. The van der Waals surface area contributed by atoms with E-state index in [1.54, 1.807) is 24.3 Å². The minimum atomic E-state index is -0.892. The monoisotopic (exact) mass is 1570 g/mol. The number of nitrogens with zero attached hydrogens (tertiary/aromatic N) is 2. The van der Waals surface area contributed by atoms with E-state index in [1.165, 1.54) is 0 Å². The Balaban J connectivity index is 0.658. The summed E-state index contributed by atoms with van der Waals surface area (Å²) in [4.78, 5) is 4.67. The summed E-state index contributed by atoms with van der Waals surface area (Å²) in [5.41, 5.74) is 28.0. The third kappa shape index (κ3) is 12.3. The molecule has 0 spiro atoms. The van der Waals surface area contributed by atoms with Crippen LogP contribution in [-0.2, 0) is 10.8 Å². The molecule has 20 aromatic rings. The molecular weight excluding hydrogens is 1500 g/mol. The fraction of sp³-hybridized carbons (Fsp3) is 0.0175. The first-order valence-electron chi connectivity index (χ1n) is 41.0. The van der Waals surface area contributed by atoms with Gasteiger partial charge in [-0.15, -0.1) is 0 Å². The molecule has 0 amide bonds. The van der Waals surface area contributed by atoms with Crippen LogP contribution in [0, 0.1) is 11.6 Å². The number of halogens is 2. The summed E-state index contributed by atoms with van der Waals surface area (Å²) in [6, 6.07) is 142. The zero-order valence-electron chi connectivity index (χ0n) is 66.1. The van der Waals surface area contributed by atoms with Crippen molar-refractivity contribution < 1.29 is 27.1 Å². The highest BCUT2D eigenvalue weighted by Gasteiger charge is 2.48. The van der Waals surface area contributed by atoms with Gasteiger partial charge in [0.15, 0.2) is 0 Å². The molecular formula is C114H74F2N2O4. The van der Waals surface area contributed by atoms with E-state index in [4.69, 9.17) is 18.3 Å². The van der Waals surface area contributed by atoms with Gasteiger partial charge in [0.05, 0.1) is 10.8 Å². The summed E-state index contributed by atoms with van der Waals surface area (Å²) < 4.78 is 56.7. The van der Waals surface area contributed by atoms with E-state index in [9.17, 15) is 0 Å². The molecule has 0 bridgehead atoms. The molecule has 0 fully saturated rings. The quantitative estimate of drug-likeness (QED) is 0.0804. The second-order valence-corrected chi connectivity index (χ2v) is 31.3. The molecule has 122 heavy (non-hydrogen) atoms. The molecule has 2 aliphatic carbocycles. The predicted molar refractivity (Wildman–Crippen MR) is 494 cm³/mol. The van der Waals surface area contributed by atoms with E-state index in [0.29, 0.717) is 23.0 Å². The summed E-state index contributed by atoms with van der Waals surface area (Å²) in [5, 5.41) is 4.33. The molecule has 2 unspecified atom stereocenters. The number of furan rings is 2. The van der Waals surface area contributed by atoms with Gasteiger partial charge in [-0.3, -0.25) is 0 Å². The lowest BCUT2D eigenvalue weighted by Crippen LogP contribution is -2.28. The second-order valence-electron chi connectivity index (χ2n) is 31.3. The van der Waals surface area contributed by atoms with Crippen LogP contribution in [-0.4, -0.2) is 0 Å². The zero-order valence-corrected chi connectivity index (χ0v) is 66.1. The lowest BCUT2D eigenvalue weighted by molar-refractivity contribution is 0.482. The van der Waals surface area contributed by atoms with Crippen molar-refractivity contribution in [2.45, 2.75) is 10.8 Å². The minimum absolute atomic E-state index is 0.313. The van der Waals surface area contributed by atoms with Gasteiger partial charge in [-0.25, -0.2) is 8.78 Å². The highest BCUT2D eigenvalue weighted by molar-refractivity contribution is 6.07. The molecule has 6 nitrogen and oxygen atoms in total. The Labute approximate surface area is 704 Å². The number of hydrogen-bond acceptors (Lipinski definition) is 6. The Kier molecular flexibility index (Phi) is 17.6. The minimum Gasteiger partial charge on any atom is -0.457 e. The lowest BCUT2D eigenvalue weighted by atomic mass is 9.67. The smallest absolute Gasteiger partial charge is 0.136 e. The molecule has 2 heterocycles. The van der Waals surface area contributed by atoms with E-state index in [0.717, 1.165) is 189 Å². The van der Waals surface area contributed by atoms with Crippen molar-refractivity contribution >= 4 is 90.2 Å². The van der Waals surface area contributed by atoms with E-state index >= 15 is 8.78 Å². The molecule has 18 aromatic carbocycles. The second kappa shape index (κ2) is 29.6. The van der Waals surface area contributed by atoms with E-state index < -0.39 is 10.8 Å². The number of fused-ring (bicyclic) bond motifs is 12. The first-order valence-corrected chi connectivity index (χ1v) is 41.0. The fourth-order valence-electron chi connectivity index (χ4n) is 18.9. The number of rotatable bonds is 19. The van der Waals surface area contributed by atoms with Crippen LogP contribution in [0.2, 0.25) is 0 Å². The zero-order chi connectivity index (χ0) is 81.6. The van der Waals surface area contributed by atoms with Crippen molar-refractivity contribution in [3.8, 4) is 78.6 Å². The predicted octanol–water partition coefficient (Wildman–Crippen LogP) is 31.3. The normalized spacial score (nSPS) is 14.3. The standard InChI is InChI=1S/C114H74F2N2O4/c1-3-73-21-57-93(58-22-73)119-95-61-39-83(40-62-95)113(81-35-43-85(115)44-36-81)105-17-9-5-13-97(105)99-67-55-91(71-107(99)113)117(89-51-29-77(30-52-89)79-33-65-103-101-15-7-11-19-109(101)121-111(103)69-79)87-47-25-75(26-48-87)76-27-49-88(50-28-76)118(90-53-31-78(32-54-90)80-34-66-104-102-16-8-12-20-110(102)122-112(104)70-80)92-56-68-100-98-14-6-10-18-106(98)114(108(100)72-92,82-37-45-86(116)46-38-82)84-41-63-96(64-42-84)120-94-59-23-74(4-2)24-60-94/h3-72H,1-2H2. The van der Waals surface area contributed by atoms with Gasteiger partial charge >= 0.3 is 0 Å². The van der Waals surface area contributed by atoms with E-state index in [-0.39, 0.29) is 11.6 Å². The molecule has 2 aliphatic rings. The van der Waals surface area contributed by atoms with Gasteiger partial charge in [-0.1, -0.05) is 256 Å². The number of para-hydroxylation sites is 2. The number of hydrogen-bond donors (Lipinski definition) is 0. The van der Waals surface area contributed by atoms with Crippen LogP contribution >= 0.6 is 0 Å².